The number of rotatable bonds is 3. The minimum Gasteiger partial charge on any atom is -0.506 e. The lowest BCUT2D eigenvalue weighted by Gasteiger charge is -2.42. The largest absolute Gasteiger partial charge is 0.506 e. The van der Waals surface area contributed by atoms with E-state index in [-0.39, 0.29) is 17.7 Å². The van der Waals surface area contributed by atoms with Crippen LogP contribution in [0, 0.1) is 18.3 Å². The van der Waals surface area contributed by atoms with Gasteiger partial charge in [-0.15, -0.1) is 0 Å². The average molecular weight is 386 g/mol. The number of aromatic nitrogens is 1. The number of piperazine rings is 1. The van der Waals surface area contributed by atoms with Crippen LogP contribution in [-0.4, -0.2) is 52.0 Å². The van der Waals surface area contributed by atoms with Crippen molar-refractivity contribution in [3.05, 3.63) is 35.2 Å². The molecule has 154 valence electrons. The predicted octanol–water partition coefficient (Wildman–Crippen LogP) is 4.07. The molecule has 0 bridgehead atoms. The fourth-order valence-corrected chi connectivity index (χ4v) is 4.54. The van der Waals surface area contributed by atoms with Gasteiger partial charge in [0.15, 0.2) is 0 Å². The van der Waals surface area contributed by atoms with Crippen LogP contribution in [0.2, 0.25) is 0 Å². The molecule has 1 fully saturated rings. The highest BCUT2D eigenvalue weighted by atomic mass is 16.3. The smallest absolute Gasteiger partial charge is 0.219 e. The normalized spacial score (nSPS) is 22.7. The van der Waals surface area contributed by atoms with E-state index in [9.17, 15) is 9.90 Å². The van der Waals surface area contributed by atoms with Crippen molar-refractivity contribution in [3.8, 4) is 5.75 Å². The van der Waals surface area contributed by atoms with Gasteiger partial charge in [-0.2, -0.15) is 0 Å². The van der Waals surface area contributed by atoms with Gasteiger partial charge in [-0.25, -0.2) is 0 Å². The van der Waals surface area contributed by atoms with Crippen molar-refractivity contribution in [1.29, 1.82) is 0 Å². The van der Waals surface area contributed by atoms with Crippen LogP contribution in [-0.2, 0) is 4.79 Å². The summed E-state index contributed by atoms with van der Waals surface area (Å²) in [5, 5.41) is 10.6. The first-order valence-electron chi connectivity index (χ1n) is 10.5. The second-order valence-electron chi connectivity index (χ2n) is 9.42. The summed E-state index contributed by atoms with van der Waals surface area (Å²) in [5.74, 6) is 1.09. The third kappa shape index (κ3) is 4.57. The van der Waals surface area contributed by atoms with Crippen molar-refractivity contribution in [2.75, 3.05) is 26.2 Å². The van der Waals surface area contributed by atoms with Crippen molar-refractivity contribution in [2.45, 2.75) is 59.9 Å². The highest BCUT2D eigenvalue weighted by Gasteiger charge is 2.34. The molecule has 1 aromatic rings. The number of hydrogen-bond acceptors (Lipinski definition) is 4. The molecule has 2 aliphatic rings. The summed E-state index contributed by atoms with van der Waals surface area (Å²) < 4.78 is 0. The highest BCUT2D eigenvalue weighted by Crippen LogP contribution is 2.43. The van der Waals surface area contributed by atoms with Crippen molar-refractivity contribution in [2.24, 2.45) is 11.3 Å². The Hall–Kier alpha value is -1.88. The molecule has 2 unspecified atom stereocenters. The summed E-state index contributed by atoms with van der Waals surface area (Å²) in [7, 11) is 0. The summed E-state index contributed by atoms with van der Waals surface area (Å²) >= 11 is 0. The van der Waals surface area contributed by atoms with Gasteiger partial charge in [-0.3, -0.25) is 14.7 Å². The molecular weight excluding hydrogens is 350 g/mol. The lowest BCUT2D eigenvalue weighted by atomic mass is 9.72. The van der Waals surface area contributed by atoms with E-state index in [0.717, 1.165) is 50.4 Å². The average Bonchev–Trinajstić information content (AvgIpc) is 2.65. The summed E-state index contributed by atoms with van der Waals surface area (Å²) in [4.78, 5) is 20.7. The zero-order valence-corrected chi connectivity index (χ0v) is 18.0. The quantitative estimate of drug-likeness (QED) is 0.797. The zero-order chi connectivity index (χ0) is 20.5. The molecule has 0 spiro atoms. The summed E-state index contributed by atoms with van der Waals surface area (Å²) in [6.45, 7) is 13.6. The van der Waals surface area contributed by atoms with Gasteiger partial charge in [0.25, 0.3) is 0 Å². The number of allylic oxidation sites excluding steroid dienone is 1. The molecule has 1 aromatic heterocycles. The predicted molar refractivity (Wildman–Crippen MR) is 112 cm³/mol. The van der Waals surface area contributed by atoms with Crippen molar-refractivity contribution >= 4 is 5.91 Å². The monoisotopic (exact) mass is 385 g/mol. The SMILES string of the molecule is CC(=O)N1CCN(C(C2=CCC(C(C)(C)C)CC2)c2nc(C)ccc2O)CC1. The number of carbonyl (C=O) groups excluding carboxylic acids is 1. The van der Waals surface area contributed by atoms with E-state index in [1.807, 2.05) is 17.9 Å². The molecular formula is C23H35N3O2. The maximum Gasteiger partial charge on any atom is 0.219 e. The Morgan fingerprint density at radius 3 is 2.43 bits per heavy atom. The van der Waals surface area contributed by atoms with Crippen LogP contribution in [0.4, 0.5) is 0 Å². The van der Waals surface area contributed by atoms with Gasteiger partial charge in [0.05, 0.1) is 6.04 Å². The molecule has 2 heterocycles. The van der Waals surface area contributed by atoms with Crippen LogP contribution < -0.4 is 0 Å². The van der Waals surface area contributed by atoms with E-state index in [1.54, 1.807) is 13.0 Å². The first kappa shape index (κ1) is 20.8. The lowest BCUT2D eigenvalue weighted by Crippen LogP contribution is -2.49. The van der Waals surface area contributed by atoms with E-state index in [1.165, 1.54) is 12.0 Å². The molecule has 28 heavy (non-hydrogen) atoms. The Morgan fingerprint density at radius 1 is 1.21 bits per heavy atom. The first-order valence-corrected chi connectivity index (χ1v) is 10.5. The van der Waals surface area contributed by atoms with Crippen LogP contribution in [0.5, 0.6) is 5.75 Å². The third-order valence-corrected chi connectivity index (χ3v) is 6.45. The standard InChI is InChI=1S/C23H35N3O2/c1-16-6-11-20(28)21(24-16)22(26-14-12-25(13-15-26)17(2)27)18-7-9-19(10-8-18)23(3,4)5/h6-7,11,19,22,28H,8-10,12-15H2,1-5H3. The van der Waals surface area contributed by atoms with E-state index in [0.29, 0.717) is 11.3 Å². The van der Waals surface area contributed by atoms with Crippen molar-refractivity contribution in [3.63, 3.8) is 0 Å². The maximum absolute atomic E-state index is 11.7. The Labute approximate surface area is 169 Å². The van der Waals surface area contributed by atoms with Crippen molar-refractivity contribution < 1.29 is 9.90 Å². The van der Waals surface area contributed by atoms with Gasteiger partial charge in [0.2, 0.25) is 5.91 Å². The summed E-state index contributed by atoms with van der Waals surface area (Å²) in [5.41, 5.74) is 3.36. The second kappa shape index (κ2) is 8.24. The minimum atomic E-state index is -0.00470. The van der Waals surface area contributed by atoms with E-state index < -0.39 is 0 Å². The van der Waals surface area contributed by atoms with Gasteiger partial charge in [0.1, 0.15) is 11.4 Å². The second-order valence-corrected chi connectivity index (χ2v) is 9.42. The van der Waals surface area contributed by atoms with E-state index in [2.05, 4.69) is 31.7 Å². The van der Waals surface area contributed by atoms with E-state index in [4.69, 9.17) is 4.98 Å². The number of pyridine rings is 1. The maximum atomic E-state index is 11.7. The van der Waals surface area contributed by atoms with Crippen LogP contribution in [0.3, 0.4) is 0 Å². The Bertz CT molecular complexity index is 743. The lowest BCUT2D eigenvalue weighted by molar-refractivity contribution is -0.130. The molecule has 0 saturated carbocycles. The molecule has 1 N–H and O–H groups in total. The highest BCUT2D eigenvalue weighted by molar-refractivity contribution is 5.73. The molecule has 1 saturated heterocycles. The Morgan fingerprint density at radius 2 is 1.89 bits per heavy atom. The van der Waals surface area contributed by atoms with Gasteiger partial charge >= 0.3 is 0 Å². The number of amides is 1. The third-order valence-electron chi connectivity index (χ3n) is 6.45. The van der Waals surface area contributed by atoms with Crippen molar-refractivity contribution in [1.82, 2.24) is 14.8 Å². The minimum absolute atomic E-state index is 0.00470. The first-order chi connectivity index (χ1) is 13.2. The van der Waals surface area contributed by atoms with Crippen LogP contribution in [0.25, 0.3) is 0 Å². The molecule has 0 aromatic carbocycles. The molecule has 1 amide bonds. The number of hydrogen-bond donors (Lipinski definition) is 1. The molecule has 3 rings (SSSR count). The fourth-order valence-electron chi connectivity index (χ4n) is 4.54. The van der Waals surface area contributed by atoms with Gasteiger partial charge in [-0.05, 0) is 49.7 Å². The topological polar surface area (TPSA) is 56.7 Å². The van der Waals surface area contributed by atoms with Gasteiger partial charge < -0.3 is 10.0 Å². The fraction of sp³-hybridized carbons (Fsp3) is 0.652. The molecule has 1 aliphatic heterocycles. The number of nitrogens with zero attached hydrogens (tertiary/aromatic N) is 3. The molecule has 0 radical (unpaired) electrons. The zero-order valence-electron chi connectivity index (χ0n) is 18.0. The Kier molecular flexibility index (Phi) is 6.13. The Balaban J connectivity index is 1.89. The molecule has 5 nitrogen and oxygen atoms in total. The summed E-state index contributed by atoms with van der Waals surface area (Å²) in [6.07, 6.45) is 5.68. The van der Waals surface area contributed by atoms with Crippen LogP contribution >= 0.6 is 0 Å². The molecule has 1 aliphatic carbocycles. The van der Waals surface area contributed by atoms with Gasteiger partial charge in [-0.1, -0.05) is 32.4 Å². The molecule has 5 heteroatoms. The van der Waals surface area contributed by atoms with Gasteiger partial charge in [0, 0.05) is 38.8 Å². The number of carbonyl (C=O) groups is 1. The summed E-state index contributed by atoms with van der Waals surface area (Å²) in [6, 6.07) is 3.61. The number of aryl methyl sites for hydroxylation is 1. The van der Waals surface area contributed by atoms with E-state index >= 15 is 0 Å². The van der Waals surface area contributed by atoms with Crippen LogP contribution in [0.15, 0.2) is 23.8 Å². The number of aromatic hydroxyl groups is 1. The molecule has 2 atom stereocenters. The van der Waals surface area contributed by atoms with Crippen LogP contribution in [0.1, 0.15) is 64.4 Å².